The van der Waals surface area contributed by atoms with E-state index in [1.807, 2.05) is 0 Å². The van der Waals surface area contributed by atoms with Crippen molar-refractivity contribution >= 4 is 22.1 Å². The minimum atomic E-state index is -6.53. The van der Waals surface area contributed by atoms with E-state index in [9.17, 15) is 40.0 Å². The van der Waals surface area contributed by atoms with Crippen LogP contribution < -0.4 is 0 Å². The topological polar surface area (TPSA) is 107 Å². The lowest BCUT2D eigenvalue weighted by atomic mass is 9.67. The maximum Gasteiger partial charge on any atom is 0.432 e. The van der Waals surface area contributed by atoms with Crippen molar-refractivity contribution in [3.63, 3.8) is 0 Å². The van der Waals surface area contributed by atoms with Gasteiger partial charge in [0.2, 0.25) is 0 Å². The highest BCUT2D eigenvalue weighted by molar-refractivity contribution is 7.86. The van der Waals surface area contributed by atoms with E-state index < -0.39 is 52.1 Å². The average molecular weight is 476 g/mol. The molecular formula is C18H21F5O7S. The Morgan fingerprint density at radius 3 is 2.16 bits per heavy atom. The van der Waals surface area contributed by atoms with Crippen LogP contribution in [0.25, 0.3) is 0 Å². The van der Waals surface area contributed by atoms with Crippen molar-refractivity contribution in [2.75, 3.05) is 6.61 Å². The lowest BCUT2D eigenvalue weighted by Crippen LogP contribution is -2.52. The molecule has 8 atom stereocenters. The predicted molar refractivity (Wildman–Crippen MR) is 90.9 cm³/mol. The van der Waals surface area contributed by atoms with Gasteiger partial charge in [-0.3, -0.25) is 9.35 Å². The Kier molecular flexibility index (Phi) is 5.31. The van der Waals surface area contributed by atoms with Gasteiger partial charge in [0.1, 0.15) is 0 Å². The molecular weight excluding hydrogens is 455 g/mol. The molecule has 0 aromatic heterocycles. The van der Waals surface area contributed by atoms with Gasteiger partial charge in [0.25, 0.3) is 6.10 Å². The van der Waals surface area contributed by atoms with Crippen molar-refractivity contribution in [3.8, 4) is 0 Å². The second-order valence-corrected chi connectivity index (χ2v) is 10.5. The van der Waals surface area contributed by atoms with Crippen molar-refractivity contribution in [1.82, 2.24) is 0 Å². The lowest BCUT2D eigenvalue weighted by molar-refractivity contribution is -0.260. The molecule has 0 aromatic carbocycles. The summed E-state index contributed by atoms with van der Waals surface area (Å²) >= 11 is 0. The largest absolute Gasteiger partial charge is 0.453 e. The molecule has 0 amide bonds. The van der Waals surface area contributed by atoms with E-state index >= 15 is 0 Å². The first-order valence-corrected chi connectivity index (χ1v) is 11.4. The number of rotatable bonds is 6. The van der Waals surface area contributed by atoms with Gasteiger partial charge in [-0.2, -0.15) is 30.4 Å². The molecule has 4 fully saturated rings. The van der Waals surface area contributed by atoms with Crippen LogP contribution in [0.2, 0.25) is 0 Å². The summed E-state index contributed by atoms with van der Waals surface area (Å²) in [5.74, 6) is -0.607. The molecule has 0 heterocycles. The lowest BCUT2D eigenvalue weighted by Gasteiger charge is -2.37. The number of esters is 2. The van der Waals surface area contributed by atoms with Crippen LogP contribution in [0.4, 0.5) is 22.0 Å². The molecule has 0 saturated heterocycles. The average Bonchev–Trinajstić information content (AvgIpc) is 3.40. The van der Waals surface area contributed by atoms with E-state index in [0.29, 0.717) is 36.0 Å². The van der Waals surface area contributed by atoms with Gasteiger partial charge in [0.15, 0.2) is 6.61 Å². The number of ether oxygens (including phenoxy) is 2. The van der Waals surface area contributed by atoms with E-state index in [4.69, 9.17) is 9.29 Å². The maximum atomic E-state index is 13.5. The highest BCUT2D eigenvalue weighted by Gasteiger charge is 2.66. The number of halogens is 5. The molecule has 0 radical (unpaired) electrons. The Hall–Kier alpha value is -1.50. The van der Waals surface area contributed by atoms with Gasteiger partial charge in [-0.05, 0) is 67.6 Å². The molecule has 4 aliphatic rings. The minimum absolute atomic E-state index is 0.0839. The van der Waals surface area contributed by atoms with Crippen LogP contribution in [-0.2, 0) is 29.2 Å². The van der Waals surface area contributed by atoms with Crippen molar-refractivity contribution in [1.29, 1.82) is 0 Å². The molecule has 0 aliphatic heterocycles. The molecule has 4 bridgehead atoms. The molecule has 4 saturated carbocycles. The van der Waals surface area contributed by atoms with Crippen molar-refractivity contribution < 1.29 is 54.0 Å². The second kappa shape index (κ2) is 7.26. The third-order valence-electron chi connectivity index (χ3n) is 7.56. The Labute approximate surface area is 174 Å². The summed E-state index contributed by atoms with van der Waals surface area (Å²) in [5.41, 5.74) is 0. The fourth-order valence-corrected chi connectivity index (χ4v) is 7.15. The number of hydrogen-bond donors (Lipinski definition) is 1. The van der Waals surface area contributed by atoms with E-state index in [-0.39, 0.29) is 5.92 Å². The maximum absolute atomic E-state index is 13.5. The zero-order valence-electron chi connectivity index (χ0n) is 16.1. The molecule has 4 rings (SSSR count). The standard InChI is InChI=1S/C18H21F5O7S/c19-17(20,21)16(18(22,23)31(26,27)28)30-12(24)6-29-15(25)11-5-9-4-10(11)14-8-2-1-7(3-8)13(9)14/h7-11,13-14,16H,1-6H2,(H,26,27,28). The van der Waals surface area contributed by atoms with Gasteiger partial charge < -0.3 is 9.47 Å². The number of fused-ring (bicyclic) bond motifs is 9. The first kappa shape index (κ1) is 22.7. The van der Waals surface area contributed by atoms with E-state index in [0.717, 1.165) is 19.3 Å². The van der Waals surface area contributed by atoms with E-state index in [2.05, 4.69) is 4.74 Å². The fraction of sp³-hybridized carbons (Fsp3) is 0.889. The van der Waals surface area contributed by atoms with Gasteiger partial charge >= 0.3 is 33.5 Å². The monoisotopic (exact) mass is 476 g/mol. The summed E-state index contributed by atoms with van der Waals surface area (Å²) in [6.07, 6.45) is -5.55. The van der Waals surface area contributed by atoms with Gasteiger partial charge in [0.05, 0.1) is 5.92 Å². The van der Waals surface area contributed by atoms with Gasteiger partial charge in [-0.25, -0.2) is 4.79 Å². The van der Waals surface area contributed by atoms with Crippen LogP contribution in [0.5, 0.6) is 0 Å². The van der Waals surface area contributed by atoms with Crippen LogP contribution in [0.1, 0.15) is 32.1 Å². The molecule has 0 spiro atoms. The SMILES string of the molecule is O=C(COC(=O)C1CC2CC1C1C3CCC(C3)C21)OC(C(F)(F)F)C(F)(F)S(=O)(=O)O. The van der Waals surface area contributed by atoms with Gasteiger partial charge in [-0.15, -0.1) is 0 Å². The number of hydrogen-bond acceptors (Lipinski definition) is 6. The van der Waals surface area contributed by atoms with Crippen LogP contribution in [0.15, 0.2) is 0 Å². The first-order valence-electron chi connectivity index (χ1n) is 9.99. The summed E-state index contributed by atoms with van der Waals surface area (Å²) in [5, 5.41) is -5.83. The smallest absolute Gasteiger partial charge is 0.432 e. The predicted octanol–water partition coefficient (Wildman–Crippen LogP) is 2.80. The van der Waals surface area contributed by atoms with Crippen LogP contribution >= 0.6 is 0 Å². The molecule has 176 valence electrons. The molecule has 1 N–H and O–H groups in total. The third kappa shape index (κ3) is 3.70. The summed E-state index contributed by atoms with van der Waals surface area (Å²) in [7, 11) is -6.53. The molecule has 4 aliphatic carbocycles. The molecule has 7 nitrogen and oxygen atoms in total. The quantitative estimate of drug-likeness (QED) is 0.272. The summed E-state index contributed by atoms with van der Waals surface area (Å²) in [6.45, 7) is -1.37. The number of carbonyl (C=O) groups is 2. The number of alkyl halides is 5. The minimum Gasteiger partial charge on any atom is -0.453 e. The second-order valence-electron chi connectivity index (χ2n) is 9.05. The highest BCUT2D eigenvalue weighted by atomic mass is 32.2. The Morgan fingerprint density at radius 1 is 0.968 bits per heavy atom. The van der Waals surface area contributed by atoms with Crippen LogP contribution in [0.3, 0.4) is 0 Å². The summed E-state index contributed by atoms with van der Waals surface area (Å²) in [6, 6.07) is 0. The Balaban J connectivity index is 1.35. The van der Waals surface area contributed by atoms with Crippen LogP contribution in [0, 0.1) is 41.4 Å². The molecule has 8 unspecified atom stereocenters. The van der Waals surface area contributed by atoms with Crippen molar-refractivity contribution in [2.45, 2.75) is 49.6 Å². The Morgan fingerprint density at radius 2 is 1.58 bits per heavy atom. The van der Waals surface area contributed by atoms with Crippen LogP contribution in [-0.4, -0.2) is 49.1 Å². The summed E-state index contributed by atoms with van der Waals surface area (Å²) < 4.78 is 103. The molecule has 13 heteroatoms. The zero-order valence-corrected chi connectivity index (χ0v) is 16.9. The highest BCUT2D eigenvalue weighted by Crippen LogP contribution is 2.68. The van der Waals surface area contributed by atoms with Gasteiger partial charge in [0, 0.05) is 0 Å². The zero-order chi connectivity index (χ0) is 22.9. The Bertz CT molecular complexity index is 873. The van der Waals surface area contributed by atoms with Crippen molar-refractivity contribution in [2.24, 2.45) is 41.4 Å². The third-order valence-corrected chi connectivity index (χ3v) is 8.47. The number of carbonyl (C=O) groups excluding carboxylic acids is 2. The first-order chi connectivity index (χ1) is 14.2. The van der Waals surface area contributed by atoms with E-state index in [1.54, 1.807) is 0 Å². The van der Waals surface area contributed by atoms with Gasteiger partial charge in [-0.1, -0.05) is 0 Å². The molecule has 31 heavy (non-hydrogen) atoms. The van der Waals surface area contributed by atoms with E-state index in [1.165, 1.54) is 6.42 Å². The normalized spacial score (nSPS) is 37.5. The summed E-state index contributed by atoms with van der Waals surface area (Å²) in [4.78, 5) is 24.1. The van der Waals surface area contributed by atoms with Crippen molar-refractivity contribution in [3.05, 3.63) is 0 Å². The molecule has 0 aromatic rings. The fourth-order valence-electron chi connectivity index (χ4n) is 6.70.